The number of nitrogens with zero attached hydrogens (tertiary/aromatic N) is 4. The van der Waals surface area contributed by atoms with E-state index < -0.39 is 29.5 Å². The second-order valence-electron chi connectivity index (χ2n) is 17.2. The van der Waals surface area contributed by atoms with Crippen molar-refractivity contribution in [3.63, 3.8) is 0 Å². The fraction of sp³-hybridized carbons (Fsp3) is 0.455. The molecular formula is C44H51N7O8. The molecule has 3 aromatic carbocycles. The molecule has 0 radical (unpaired) electrons. The van der Waals surface area contributed by atoms with Crippen molar-refractivity contribution in [1.29, 1.82) is 0 Å². The summed E-state index contributed by atoms with van der Waals surface area (Å²) in [4.78, 5) is 73.1. The van der Waals surface area contributed by atoms with Gasteiger partial charge in [0.25, 0.3) is 0 Å². The van der Waals surface area contributed by atoms with Gasteiger partial charge in [-0.3, -0.25) is 9.69 Å². The van der Waals surface area contributed by atoms with Gasteiger partial charge in [0, 0.05) is 42.0 Å². The number of fused-ring (bicyclic) bond motifs is 6. The molecule has 2 saturated heterocycles. The molecule has 2 fully saturated rings. The summed E-state index contributed by atoms with van der Waals surface area (Å²) in [6.07, 6.45) is 2.82. The standard InChI is InChI=1S/C44H51N7O8/c1-22(2)36(49-42(54)57-8)40(52)51-23(3)9-14-33(51)39-46-31-13-11-25-16-29-27-12-10-26(17-30(27)41(53)58-35(29)18-28(25)37(31)48-39)32-19-45-38(47-32)34-15-24(21-56-7)20-50(34)43(55)59-44(4,5)6/h10-13,16-19,22-24,33-34,36H,9,14-15,20-21H2,1-8H3,(H,45,47)(H,46,48)(H,49,54)/t23-,24-,33-,34-,36-/m0/s1. The van der Waals surface area contributed by atoms with Gasteiger partial charge < -0.3 is 38.8 Å². The number of aromatic nitrogens is 4. The van der Waals surface area contributed by atoms with Crippen LogP contribution in [0, 0.1) is 11.8 Å². The molecule has 5 heterocycles. The molecule has 0 unspecified atom stereocenters. The molecule has 0 saturated carbocycles. The van der Waals surface area contributed by atoms with Gasteiger partial charge in [-0.2, -0.15) is 0 Å². The van der Waals surface area contributed by atoms with E-state index in [1.165, 1.54) is 7.11 Å². The number of carbonyl (C=O) groups is 3. The van der Waals surface area contributed by atoms with E-state index >= 15 is 0 Å². The Bertz CT molecular complexity index is 2660. The van der Waals surface area contributed by atoms with Gasteiger partial charge in [-0.25, -0.2) is 24.4 Å². The molecule has 3 aromatic heterocycles. The number of carbonyl (C=O) groups excluding carboxylic acids is 3. The number of rotatable bonds is 8. The second kappa shape index (κ2) is 15.3. The van der Waals surface area contributed by atoms with Gasteiger partial charge in [-0.05, 0) is 87.9 Å². The molecule has 3 N–H and O–H groups in total. The van der Waals surface area contributed by atoms with E-state index in [0.717, 1.165) is 39.0 Å². The minimum atomic E-state index is -0.754. The highest BCUT2D eigenvalue weighted by Crippen LogP contribution is 2.40. The Morgan fingerprint density at radius 1 is 0.966 bits per heavy atom. The highest BCUT2D eigenvalue weighted by atomic mass is 16.6. The van der Waals surface area contributed by atoms with E-state index in [0.29, 0.717) is 59.8 Å². The van der Waals surface area contributed by atoms with E-state index in [4.69, 9.17) is 23.6 Å². The molecule has 3 amide bonds. The van der Waals surface area contributed by atoms with Crippen molar-refractivity contribution >= 4 is 61.6 Å². The minimum absolute atomic E-state index is 0.0591. The number of imidazole rings is 2. The largest absolute Gasteiger partial charge is 0.453 e. The number of benzene rings is 3. The summed E-state index contributed by atoms with van der Waals surface area (Å²) in [5.41, 5.74) is 2.25. The maximum Gasteiger partial charge on any atom is 0.410 e. The number of amides is 3. The first-order valence-electron chi connectivity index (χ1n) is 20.2. The summed E-state index contributed by atoms with van der Waals surface area (Å²) < 4.78 is 21.9. The third-order valence-electron chi connectivity index (χ3n) is 11.6. The van der Waals surface area contributed by atoms with Crippen LogP contribution in [0.15, 0.2) is 57.9 Å². The molecule has 15 heteroatoms. The van der Waals surface area contributed by atoms with Gasteiger partial charge in [0.15, 0.2) is 0 Å². The van der Waals surface area contributed by atoms with E-state index in [1.807, 2.05) is 82.8 Å². The molecular weight excluding hydrogens is 755 g/mol. The fourth-order valence-corrected chi connectivity index (χ4v) is 8.76. The Morgan fingerprint density at radius 2 is 1.76 bits per heavy atom. The van der Waals surface area contributed by atoms with Crippen LogP contribution in [0.2, 0.25) is 0 Å². The molecule has 0 spiro atoms. The average molecular weight is 806 g/mol. The summed E-state index contributed by atoms with van der Waals surface area (Å²) in [5.74, 6) is 1.07. The monoisotopic (exact) mass is 805 g/mol. The Morgan fingerprint density at radius 3 is 2.49 bits per heavy atom. The second-order valence-corrected chi connectivity index (χ2v) is 17.2. The Kier molecular flexibility index (Phi) is 10.4. The van der Waals surface area contributed by atoms with Gasteiger partial charge in [0.05, 0.1) is 54.1 Å². The summed E-state index contributed by atoms with van der Waals surface area (Å²) in [7, 11) is 2.93. The minimum Gasteiger partial charge on any atom is -0.453 e. The third-order valence-corrected chi connectivity index (χ3v) is 11.6. The van der Waals surface area contributed by atoms with E-state index in [1.54, 1.807) is 24.3 Å². The molecule has 59 heavy (non-hydrogen) atoms. The topological polar surface area (TPSA) is 185 Å². The van der Waals surface area contributed by atoms with Crippen LogP contribution in [0.5, 0.6) is 0 Å². The number of likely N-dealkylation sites (tertiary alicyclic amines) is 2. The lowest BCUT2D eigenvalue weighted by molar-refractivity contribution is -0.137. The molecule has 2 aliphatic heterocycles. The number of methoxy groups -OCH3 is 2. The van der Waals surface area contributed by atoms with Gasteiger partial charge in [-0.15, -0.1) is 0 Å². The van der Waals surface area contributed by atoms with Crippen molar-refractivity contribution in [3.8, 4) is 11.3 Å². The molecule has 310 valence electrons. The molecule has 0 aliphatic carbocycles. The first kappa shape index (κ1) is 39.8. The van der Waals surface area contributed by atoms with Crippen molar-refractivity contribution in [2.24, 2.45) is 11.8 Å². The predicted molar refractivity (Wildman–Crippen MR) is 223 cm³/mol. The van der Waals surface area contributed by atoms with Crippen molar-refractivity contribution in [3.05, 3.63) is 70.7 Å². The van der Waals surface area contributed by atoms with Crippen LogP contribution in [-0.2, 0) is 19.0 Å². The molecule has 2 aliphatic rings. The van der Waals surface area contributed by atoms with Crippen molar-refractivity contribution < 1.29 is 33.0 Å². The van der Waals surface area contributed by atoms with Crippen molar-refractivity contribution in [1.82, 2.24) is 35.1 Å². The first-order valence-corrected chi connectivity index (χ1v) is 20.2. The number of nitrogens with one attached hydrogen (secondary N) is 3. The zero-order chi connectivity index (χ0) is 41.9. The van der Waals surface area contributed by atoms with Crippen LogP contribution in [0.25, 0.3) is 54.8 Å². The van der Waals surface area contributed by atoms with Crippen LogP contribution in [0.3, 0.4) is 0 Å². The van der Waals surface area contributed by atoms with Gasteiger partial charge in [0.2, 0.25) is 5.91 Å². The number of H-pyrrole nitrogens is 2. The third kappa shape index (κ3) is 7.47. The number of hydrogen-bond donors (Lipinski definition) is 3. The summed E-state index contributed by atoms with van der Waals surface area (Å²) in [6, 6.07) is 12.1. The highest BCUT2D eigenvalue weighted by Gasteiger charge is 2.42. The fourth-order valence-electron chi connectivity index (χ4n) is 8.76. The molecule has 8 rings (SSSR count). The average Bonchev–Trinajstić information content (AvgIpc) is 4.01. The number of alkyl carbamates (subject to hydrolysis) is 1. The van der Waals surface area contributed by atoms with Crippen LogP contribution < -0.4 is 10.9 Å². The van der Waals surface area contributed by atoms with E-state index in [9.17, 15) is 19.2 Å². The lowest BCUT2D eigenvalue weighted by Gasteiger charge is -2.32. The Balaban J connectivity index is 1.11. The summed E-state index contributed by atoms with van der Waals surface area (Å²) in [5, 5.41) is 6.38. The van der Waals surface area contributed by atoms with Crippen LogP contribution in [0.1, 0.15) is 84.5 Å². The van der Waals surface area contributed by atoms with Gasteiger partial charge >= 0.3 is 17.8 Å². The smallest absolute Gasteiger partial charge is 0.410 e. The van der Waals surface area contributed by atoms with Gasteiger partial charge in [0.1, 0.15) is 28.9 Å². The Hall–Kier alpha value is -5.96. The maximum absolute atomic E-state index is 14.0. The molecule has 15 nitrogen and oxygen atoms in total. The zero-order valence-corrected chi connectivity index (χ0v) is 34.7. The van der Waals surface area contributed by atoms with Gasteiger partial charge in [-0.1, -0.05) is 32.0 Å². The molecule has 0 bridgehead atoms. The van der Waals surface area contributed by atoms with Crippen LogP contribution in [0.4, 0.5) is 9.59 Å². The van der Waals surface area contributed by atoms with Crippen molar-refractivity contribution in [2.75, 3.05) is 27.4 Å². The Labute approximate surface area is 340 Å². The summed E-state index contributed by atoms with van der Waals surface area (Å²) in [6.45, 7) is 12.3. The van der Waals surface area contributed by atoms with E-state index in [-0.39, 0.29) is 35.9 Å². The number of hydrogen-bond acceptors (Lipinski definition) is 10. The van der Waals surface area contributed by atoms with E-state index in [2.05, 4.69) is 20.3 Å². The normalized spacial score (nSPS) is 20.4. The number of ether oxygens (including phenoxy) is 3. The first-order chi connectivity index (χ1) is 28.1. The van der Waals surface area contributed by atoms with Crippen LogP contribution >= 0.6 is 0 Å². The molecule has 5 atom stereocenters. The lowest BCUT2D eigenvalue weighted by Crippen LogP contribution is -2.52. The van der Waals surface area contributed by atoms with Crippen LogP contribution in [-0.4, -0.2) is 92.9 Å². The molecule has 6 aromatic rings. The maximum atomic E-state index is 14.0. The summed E-state index contributed by atoms with van der Waals surface area (Å²) >= 11 is 0. The SMILES string of the molecule is COC[C@H]1C[C@@H](c2ncc(-c3ccc4c(c3)c(=O)oc3cc5c(ccc6[nH]c([C@@H]7CC[C@H](C)N7C(=O)[C@@H](NC(=O)OC)C(C)C)nc65)cc34)[nH]2)N(C(=O)OC(C)(C)C)C1. The zero-order valence-electron chi connectivity index (χ0n) is 34.7. The number of aromatic amines is 2. The quantitative estimate of drug-likeness (QED) is 0.0781. The lowest BCUT2D eigenvalue weighted by atomic mass is 10.0. The highest BCUT2D eigenvalue weighted by molar-refractivity contribution is 6.14. The van der Waals surface area contributed by atoms with Crippen molar-refractivity contribution in [2.45, 2.75) is 90.6 Å². The predicted octanol–water partition coefficient (Wildman–Crippen LogP) is 7.74.